The van der Waals surface area contributed by atoms with Gasteiger partial charge in [-0.05, 0) is 49.6 Å². The SMILES string of the molecule is CC(NC(=O)C1CCN(S(=O)(=O)c2ccc(C#N)cc2)CC1)c1ccccc1. The van der Waals surface area contributed by atoms with Crippen LogP contribution in [0.1, 0.15) is 36.9 Å². The molecule has 0 spiro atoms. The zero-order valence-electron chi connectivity index (χ0n) is 15.7. The molecule has 1 saturated heterocycles. The van der Waals surface area contributed by atoms with Crippen molar-refractivity contribution < 1.29 is 13.2 Å². The molecule has 2 aromatic carbocycles. The molecule has 7 heteroatoms. The Morgan fingerprint density at radius 2 is 1.71 bits per heavy atom. The number of hydrogen-bond donors (Lipinski definition) is 1. The van der Waals surface area contributed by atoms with Crippen molar-refractivity contribution >= 4 is 15.9 Å². The molecule has 6 nitrogen and oxygen atoms in total. The average molecular weight is 398 g/mol. The van der Waals surface area contributed by atoms with Gasteiger partial charge in [0.15, 0.2) is 0 Å². The second-order valence-corrected chi connectivity index (χ2v) is 8.89. The highest BCUT2D eigenvalue weighted by Crippen LogP contribution is 2.25. The Balaban J connectivity index is 1.59. The number of piperidine rings is 1. The fraction of sp³-hybridized carbons (Fsp3) is 0.333. The molecule has 1 atom stereocenters. The fourth-order valence-electron chi connectivity index (χ4n) is 3.37. The summed E-state index contributed by atoms with van der Waals surface area (Å²) >= 11 is 0. The van der Waals surface area contributed by atoms with E-state index in [2.05, 4.69) is 5.32 Å². The number of nitrogens with zero attached hydrogens (tertiary/aromatic N) is 2. The van der Waals surface area contributed by atoms with E-state index < -0.39 is 10.0 Å². The number of sulfonamides is 1. The van der Waals surface area contributed by atoms with Crippen LogP contribution in [0.15, 0.2) is 59.5 Å². The monoisotopic (exact) mass is 397 g/mol. The predicted molar refractivity (Wildman–Crippen MR) is 106 cm³/mol. The van der Waals surface area contributed by atoms with Gasteiger partial charge in [0.2, 0.25) is 15.9 Å². The number of carbonyl (C=O) groups is 1. The minimum atomic E-state index is -3.61. The molecule has 2 aromatic rings. The van der Waals surface area contributed by atoms with Crippen molar-refractivity contribution in [2.75, 3.05) is 13.1 Å². The van der Waals surface area contributed by atoms with Gasteiger partial charge in [-0.25, -0.2) is 8.42 Å². The van der Waals surface area contributed by atoms with Crippen molar-refractivity contribution in [3.8, 4) is 6.07 Å². The molecule has 1 unspecified atom stereocenters. The Bertz CT molecular complexity index is 958. The molecule has 0 bridgehead atoms. The second kappa shape index (κ2) is 8.55. The van der Waals surface area contributed by atoms with Gasteiger partial charge in [-0.1, -0.05) is 30.3 Å². The summed E-state index contributed by atoms with van der Waals surface area (Å²) in [5, 5.41) is 11.9. The maximum Gasteiger partial charge on any atom is 0.243 e. The van der Waals surface area contributed by atoms with Crippen molar-refractivity contribution in [3.63, 3.8) is 0 Å². The lowest BCUT2D eigenvalue weighted by Crippen LogP contribution is -2.43. The third kappa shape index (κ3) is 4.41. The summed E-state index contributed by atoms with van der Waals surface area (Å²) in [6, 6.07) is 17.5. The second-order valence-electron chi connectivity index (χ2n) is 6.96. The third-order valence-corrected chi connectivity index (χ3v) is 7.02. The van der Waals surface area contributed by atoms with E-state index in [0.29, 0.717) is 31.5 Å². The Labute approximate surface area is 165 Å². The number of carbonyl (C=O) groups excluding carboxylic acids is 1. The molecule has 1 aliphatic heterocycles. The summed E-state index contributed by atoms with van der Waals surface area (Å²) in [6.07, 6.45) is 0.978. The average Bonchev–Trinajstić information content (AvgIpc) is 2.74. The fourth-order valence-corrected chi connectivity index (χ4v) is 4.83. The molecular weight excluding hydrogens is 374 g/mol. The van der Waals surface area contributed by atoms with E-state index in [0.717, 1.165) is 5.56 Å². The molecule has 1 fully saturated rings. The van der Waals surface area contributed by atoms with E-state index in [9.17, 15) is 13.2 Å². The van der Waals surface area contributed by atoms with Crippen molar-refractivity contribution in [1.29, 1.82) is 5.26 Å². The molecule has 28 heavy (non-hydrogen) atoms. The summed E-state index contributed by atoms with van der Waals surface area (Å²) in [4.78, 5) is 12.7. The van der Waals surface area contributed by atoms with E-state index in [4.69, 9.17) is 5.26 Å². The predicted octanol–water partition coefficient (Wildman–Crippen LogP) is 2.84. The first-order chi connectivity index (χ1) is 13.4. The maximum atomic E-state index is 12.8. The van der Waals surface area contributed by atoms with Crippen molar-refractivity contribution in [2.45, 2.75) is 30.7 Å². The van der Waals surface area contributed by atoms with E-state index >= 15 is 0 Å². The van der Waals surface area contributed by atoms with E-state index in [-0.39, 0.29) is 22.8 Å². The number of hydrogen-bond acceptors (Lipinski definition) is 4. The van der Waals surface area contributed by atoms with Gasteiger partial charge in [-0.15, -0.1) is 0 Å². The Hall–Kier alpha value is -2.69. The molecule has 0 saturated carbocycles. The lowest BCUT2D eigenvalue weighted by molar-refractivity contribution is -0.126. The van der Waals surface area contributed by atoms with Crippen LogP contribution in [0.2, 0.25) is 0 Å². The molecule has 1 amide bonds. The Morgan fingerprint density at radius 1 is 1.11 bits per heavy atom. The first-order valence-electron chi connectivity index (χ1n) is 9.27. The van der Waals surface area contributed by atoms with Gasteiger partial charge >= 0.3 is 0 Å². The largest absolute Gasteiger partial charge is 0.349 e. The maximum absolute atomic E-state index is 12.8. The topological polar surface area (TPSA) is 90.3 Å². The number of rotatable bonds is 5. The summed E-state index contributed by atoms with van der Waals surface area (Å²) in [6.45, 7) is 2.55. The zero-order chi connectivity index (χ0) is 20.1. The zero-order valence-corrected chi connectivity index (χ0v) is 16.5. The van der Waals surface area contributed by atoms with E-state index in [1.54, 1.807) is 0 Å². The number of amides is 1. The molecule has 1 N–H and O–H groups in total. The standard InChI is InChI=1S/C21H23N3O3S/c1-16(18-5-3-2-4-6-18)23-21(25)19-11-13-24(14-12-19)28(26,27)20-9-7-17(15-22)8-10-20/h2-10,16,19H,11-14H2,1H3,(H,23,25). The van der Waals surface area contributed by atoms with Gasteiger partial charge in [0.1, 0.15) is 0 Å². The first kappa shape index (κ1) is 20.1. The van der Waals surface area contributed by atoms with Gasteiger partial charge in [-0.2, -0.15) is 9.57 Å². The molecule has 0 aromatic heterocycles. The molecule has 1 aliphatic rings. The molecule has 3 rings (SSSR count). The molecule has 146 valence electrons. The number of nitriles is 1. The summed E-state index contributed by atoms with van der Waals surface area (Å²) in [7, 11) is -3.61. The quantitative estimate of drug-likeness (QED) is 0.840. The molecule has 1 heterocycles. The minimum absolute atomic E-state index is 0.0354. The highest BCUT2D eigenvalue weighted by molar-refractivity contribution is 7.89. The lowest BCUT2D eigenvalue weighted by atomic mass is 9.96. The first-order valence-corrected chi connectivity index (χ1v) is 10.7. The number of benzene rings is 2. The van der Waals surface area contributed by atoms with Crippen LogP contribution in [0, 0.1) is 17.2 Å². The van der Waals surface area contributed by atoms with Crippen LogP contribution in [0.4, 0.5) is 0 Å². The van der Waals surface area contributed by atoms with Gasteiger partial charge in [-0.3, -0.25) is 4.79 Å². The van der Waals surface area contributed by atoms with Crippen molar-refractivity contribution in [3.05, 3.63) is 65.7 Å². The highest BCUT2D eigenvalue weighted by Gasteiger charge is 2.32. The van der Waals surface area contributed by atoms with E-state index in [1.165, 1.54) is 28.6 Å². The van der Waals surface area contributed by atoms with Crippen LogP contribution in [-0.2, 0) is 14.8 Å². The Kier molecular flexibility index (Phi) is 6.12. The Morgan fingerprint density at radius 3 is 2.29 bits per heavy atom. The normalized spacial score (nSPS) is 16.9. The van der Waals surface area contributed by atoms with Crippen LogP contribution in [0.5, 0.6) is 0 Å². The van der Waals surface area contributed by atoms with E-state index in [1.807, 2.05) is 43.3 Å². The van der Waals surface area contributed by atoms with Crippen LogP contribution in [-0.4, -0.2) is 31.7 Å². The van der Waals surface area contributed by atoms with Gasteiger partial charge in [0.25, 0.3) is 0 Å². The van der Waals surface area contributed by atoms with Crippen LogP contribution >= 0.6 is 0 Å². The summed E-state index contributed by atoms with van der Waals surface area (Å²) < 4.78 is 27.0. The lowest BCUT2D eigenvalue weighted by Gasteiger charge is -2.31. The van der Waals surface area contributed by atoms with Gasteiger partial charge < -0.3 is 5.32 Å². The van der Waals surface area contributed by atoms with Crippen molar-refractivity contribution in [2.24, 2.45) is 5.92 Å². The summed E-state index contributed by atoms with van der Waals surface area (Å²) in [5.74, 6) is -0.231. The van der Waals surface area contributed by atoms with Crippen LogP contribution < -0.4 is 5.32 Å². The highest BCUT2D eigenvalue weighted by atomic mass is 32.2. The molecule has 0 radical (unpaired) electrons. The minimum Gasteiger partial charge on any atom is -0.349 e. The van der Waals surface area contributed by atoms with Gasteiger partial charge in [0, 0.05) is 19.0 Å². The third-order valence-electron chi connectivity index (χ3n) is 5.10. The van der Waals surface area contributed by atoms with Crippen molar-refractivity contribution in [1.82, 2.24) is 9.62 Å². The van der Waals surface area contributed by atoms with Crippen LogP contribution in [0.25, 0.3) is 0 Å². The number of nitrogens with one attached hydrogen (secondary N) is 1. The summed E-state index contributed by atoms with van der Waals surface area (Å²) in [5.41, 5.74) is 1.46. The molecular formula is C21H23N3O3S. The van der Waals surface area contributed by atoms with Gasteiger partial charge in [0.05, 0.1) is 22.6 Å². The smallest absolute Gasteiger partial charge is 0.243 e. The van der Waals surface area contributed by atoms with Crippen LogP contribution in [0.3, 0.4) is 0 Å². The molecule has 0 aliphatic carbocycles.